The van der Waals surface area contributed by atoms with E-state index in [2.05, 4.69) is 56.6 Å². The summed E-state index contributed by atoms with van der Waals surface area (Å²) < 4.78 is 27.6. The summed E-state index contributed by atoms with van der Waals surface area (Å²) in [4.78, 5) is 6.52. The first-order valence-electron chi connectivity index (χ1n) is 11.9. The van der Waals surface area contributed by atoms with Crippen molar-refractivity contribution in [2.24, 2.45) is 0 Å². The highest BCUT2D eigenvalue weighted by Crippen LogP contribution is 2.48. The maximum atomic E-state index is 8.08. The van der Waals surface area contributed by atoms with Crippen molar-refractivity contribution in [2.45, 2.75) is 82.6 Å². The molecule has 5 rings (SSSR count). The number of benzene rings is 1. The van der Waals surface area contributed by atoms with Crippen molar-refractivity contribution < 1.29 is 33.6 Å². The van der Waals surface area contributed by atoms with Crippen LogP contribution in [0.25, 0.3) is 0 Å². The summed E-state index contributed by atoms with van der Waals surface area (Å²) in [5, 5.41) is 10.2. The second-order valence-electron chi connectivity index (χ2n) is 10.6. The van der Waals surface area contributed by atoms with Crippen LogP contribution >= 0.6 is 0 Å². The summed E-state index contributed by atoms with van der Waals surface area (Å²) in [5.74, 6) is 0.378. The molecule has 4 aliphatic heterocycles. The molecule has 0 amide bonds. The molecule has 0 aliphatic carbocycles. The molecular weight excluding hydrogens is 426 g/mol. The number of hydroxylamine groups is 2. The lowest BCUT2D eigenvalue weighted by Gasteiger charge is -2.56. The highest BCUT2D eigenvalue weighted by Gasteiger charge is 2.56. The molecule has 0 saturated carbocycles. The zero-order valence-electron chi connectivity index (χ0n) is 20.5. The van der Waals surface area contributed by atoms with Crippen LogP contribution in [0.5, 0.6) is 5.75 Å². The van der Waals surface area contributed by atoms with E-state index in [9.17, 15) is 0 Å². The third kappa shape index (κ3) is 6.45. The number of piperidine rings is 1. The number of aliphatic hydroxyl groups excluding tert-OH is 1. The van der Waals surface area contributed by atoms with Crippen LogP contribution < -0.4 is 4.74 Å². The zero-order valence-corrected chi connectivity index (χ0v) is 20.5. The van der Waals surface area contributed by atoms with Gasteiger partial charge in [0.15, 0.2) is 5.79 Å². The van der Waals surface area contributed by atoms with Crippen LogP contribution in [0.3, 0.4) is 0 Å². The topological polar surface area (TPSA) is 85.5 Å². The van der Waals surface area contributed by atoms with Gasteiger partial charge in [-0.05, 0) is 52.3 Å². The van der Waals surface area contributed by atoms with Crippen molar-refractivity contribution in [3.8, 4) is 5.75 Å². The van der Waals surface area contributed by atoms with Crippen LogP contribution in [-0.2, 0) is 23.8 Å². The first-order valence-corrected chi connectivity index (χ1v) is 11.9. The van der Waals surface area contributed by atoms with E-state index in [-0.39, 0.29) is 36.0 Å². The van der Waals surface area contributed by atoms with Gasteiger partial charge in [0.1, 0.15) is 30.7 Å². The molecular formula is C25H39NO7. The fraction of sp³-hybridized carbons (Fsp3) is 0.760. The maximum Gasteiger partial charge on any atom is 0.172 e. The largest absolute Gasteiger partial charge is 0.491 e. The van der Waals surface area contributed by atoms with Crippen molar-refractivity contribution in [2.75, 3.05) is 39.6 Å². The molecule has 4 fully saturated rings. The van der Waals surface area contributed by atoms with Crippen molar-refractivity contribution >= 4 is 0 Å². The lowest BCUT2D eigenvalue weighted by atomic mass is 9.78. The van der Waals surface area contributed by atoms with E-state index in [1.807, 2.05) is 12.1 Å². The molecule has 3 atom stereocenters. The molecule has 4 aliphatic rings. The van der Waals surface area contributed by atoms with E-state index in [1.54, 1.807) is 0 Å². The highest BCUT2D eigenvalue weighted by atomic mass is 16.7. The molecule has 186 valence electrons. The molecule has 0 radical (unpaired) electrons. The number of aliphatic hydroxyl groups is 1. The van der Waals surface area contributed by atoms with E-state index in [0.717, 1.165) is 37.4 Å². The molecule has 1 aromatic rings. The third-order valence-electron chi connectivity index (χ3n) is 6.37. The predicted octanol–water partition coefficient (Wildman–Crippen LogP) is 3.23. The molecule has 1 N–H and O–H groups in total. The van der Waals surface area contributed by atoms with Gasteiger partial charge >= 0.3 is 0 Å². The van der Waals surface area contributed by atoms with Gasteiger partial charge in [-0.25, -0.2) is 0 Å². The molecule has 3 unspecified atom stereocenters. The minimum atomic E-state index is -0.486. The Morgan fingerprint density at radius 2 is 1.52 bits per heavy atom. The molecule has 8 heteroatoms. The smallest absolute Gasteiger partial charge is 0.172 e. The summed E-state index contributed by atoms with van der Waals surface area (Å²) >= 11 is 0. The molecule has 4 heterocycles. The number of epoxide rings is 2. The van der Waals surface area contributed by atoms with Gasteiger partial charge in [0.05, 0.1) is 33.0 Å². The Labute approximate surface area is 197 Å². The van der Waals surface area contributed by atoms with E-state index in [4.69, 9.17) is 28.9 Å². The fourth-order valence-corrected chi connectivity index (χ4v) is 4.91. The molecule has 1 aromatic carbocycles. The monoisotopic (exact) mass is 465 g/mol. The Bertz CT molecular complexity index is 747. The van der Waals surface area contributed by atoms with Crippen molar-refractivity contribution in [1.82, 2.24) is 5.06 Å². The number of ether oxygens (including phenoxy) is 5. The van der Waals surface area contributed by atoms with Gasteiger partial charge in [-0.2, -0.15) is 5.06 Å². The lowest BCUT2D eigenvalue weighted by molar-refractivity contribution is -0.349. The summed E-state index contributed by atoms with van der Waals surface area (Å²) in [6.07, 6.45) is 1.95. The normalized spacial score (nSPS) is 29.8. The van der Waals surface area contributed by atoms with E-state index >= 15 is 0 Å². The Kier molecular flexibility index (Phi) is 7.36. The number of nitrogens with zero attached hydrogens (tertiary/aromatic N) is 1. The van der Waals surface area contributed by atoms with Gasteiger partial charge in [-0.3, -0.25) is 4.84 Å². The standard InChI is InChI=1S/C22H33NO5.C3H6O2/c1-16(17-6-8-18(9-7-17)24-12-19-13-25-19)28-23-20(2,3)14-22(15-21(23,4)5)26-10-11-27-22;4-1-3-2-5-3/h6-9,16,19H,10-15H2,1-5H3;3-4H,1-2H2. The second-order valence-corrected chi connectivity index (χ2v) is 10.6. The molecule has 1 spiro atoms. The summed E-state index contributed by atoms with van der Waals surface area (Å²) in [5.41, 5.74) is 0.691. The first-order chi connectivity index (χ1) is 15.6. The van der Waals surface area contributed by atoms with Crippen LogP contribution in [0, 0.1) is 0 Å². The van der Waals surface area contributed by atoms with Crippen LogP contribution in [-0.4, -0.2) is 78.9 Å². The summed E-state index contributed by atoms with van der Waals surface area (Å²) in [7, 11) is 0. The van der Waals surface area contributed by atoms with Gasteiger partial charge in [-0.15, -0.1) is 0 Å². The average molecular weight is 466 g/mol. The number of rotatable bonds is 7. The van der Waals surface area contributed by atoms with Crippen LogP contribution in [0.4, 0.5) is 0 Å². The van der Waals surface area contributed by atoms with E-state index in [0.29, 0.717) is 19.8 Å². The highest BCUT2D eigenvalue weighted by molar-refractivity contribution is 5.28. The quantitative estimate of drug-likeness (QED) is 0.615. The van der Waals surface area contributed by atoms with Crippen LogP contribution in [0.1, 0.15) is 59.1 Å². The van der Waals surface area contributed by atoms with E-state index < -0.39 is 5.79 Å². The van der Waals surface area contributed by atoms with Gasteiger partial charge in [0, 0.05) is 23.9 Å². The van der Waals surface area contributed by atoms with Crippen LogP contribution in [0.15, 0.2) is 24.3 Å². The Morgan fingerprint density at radius 1 is 0.970 bits per heavy atom. The van der Waals surface area contributed by atoms with Crippen LogP contribution in [0.2, 0.25) is 0 Å². The molecule has 4 saturated heterocycles. The maximum absolute atomic E-state index is 8.08. The lowest BCUT2D eigenvalue weighted by Crippen LogP contribution is -2.65. The zero-order chi connectivity index (χ0) is 23.7. The Hall–Kier alpha value is -1.26. The number of hydrogen-bond donors (Lipinski definition) is 1. The predicted molar refractivity (Wildman–Crippen MR) is 122 cm³/mol. The van der Waals surface area contributed by atoms with Crippen molar-refractivity contribution in [3.63, 3.8) is 0 Å². The second kappa shape index (κ2) is 9.77. The molecule has 8 nitrogen and oxygen atoms in total. The molecule has 33 heavy (non-hydrogen) atoms. The fourth-order valence-electron chi connectivity index (χ4n) is 4.91. The Morgan fingerprint density at radius 3 is 1.97 bits per heavy atom. The third-order valence-corrected chi connectivity index (χ3v) is 6.37. The minimum Gasteiger partial charge on any atom is -0.491 e. The minimum absolute atomic E-state index is 0.0705. The molecule has 0 bridgehead atoms. The van der Waals surface area contributed by atoms with Crippen molar-refractivity contribution in [1.29, 1.82) is 0 Å². The summed E-state index contributed by atoms with van der Waals surface area (Å²) in [6.45, 7) is 14.6. The summed E-state index contributed by atoms with van der Waals surface area (Å²) in [6, 6.07) is 8.14. The van der Waals surface area contributed by atoms with Gasteiger partial charge in [-0.1, -0.05) is 12.1 Å². The average Bonchev–Trinajstić information content (AvgIpc) is 3.69. The first kappa shape index (κ1) is 24.9. The van der Waals surface area contributed by atoms with Gasteiger partial charge in [0.25, 0.3) is 0 Å². The molecule has 0 aromatic heterocycles. The van der Waals surface area contributed by atoms with Gasteiger partial charge < -0.3 is 28.8 Å². The van der Waals surface area contributed by atoms with Crippen molar-refractivity contribution in [3.05, 3.63) is 29.8 Å². The Balaban J connectivity index is 0.000000459. The van der Waals surface area contributed by atoms with E-state index in [1.165, 1.54) is 0 Å². The number of hydrogen-bond acceptors (Lipinski definition) is 8. The SMILES string of the molecule is CC(ON1C(C)(C)CC2(CC1(C)C)OCCO2)c1ccc(OCC2CO2)cc1.OCC1CO1. The van der Waals surface area contributed by atoms with Gasteiger partial charge in [0.2, 0.25) is 0 Å².